The topological polar surface area (TPSA) is 134 Å². The van der Waals surface area contributed by atoms with Crippen LogP contribution in [0.25, 0.3) is 5.65 Å². The summed E-state index contributed by atoms with van der Waals surface area (Å²) in [5.74, 6) is 0.608. The van der Waals surface area contributed by atoms with Gasteiger partial charge in [-0.3, -0.25) is 0 Å². The van der Waals surface area contributed by atoms with Crippen LogP contribution in [0.5, 0.6) is 0 Å². The number of morpholine rings is 1. The van der Waals surface area contributed by atoms with Crippen molar-refractivity contribution in [2.45, 2.75) is 6.10 Å². The van der Waals surface area contributed by atoms with Crippen molar-refractivity contribution >= 4 is 17.3 Å². The molecule has 1 aliphatic rings. The summed E-state index contributed by atoms with van der Waals surface area (Å²) < 4.78 is 6.59. The van der Waals surface area contributed by atoms with Crippen LogP contribution in [-0.2, 0) is 4.74 Å². The van der Waals surface area contributed by atoms with E-state index in [2.05, 4.69) is 20.5 Å². The molecule has 2 aromatic heterocycles. The number of H-pyrrole nitrogens is 1. The van der Waals surface area contributed by atoms with E-state index in [1.165, 1.54) is 4.52 Å². The SMILES string of the molecule is NC(=NO)C1CN(c2ccc3n[nH]c(=O)n3n2)CCO1. The fourth-order valence-electron chi connectivity index (χ4n) is 2.06. The van der Waals surface area contributed by atoms with E-state index in [4.69, 9.17) is 15.7 Å². The van der Waals surface area contributed by atoms with Crippen LogP contribution in [0.1, 0.15) is 0 Å². The van der Waals surface area contributed by atoms with Crippen LogP contribution in [-0.4, -0.2) is 56.7 Å². The number of nitrogens with zero attached hydrogens (tertiary/aromatic N) is 5. The zero-order valence-electron chi connectivity index (χ0n) is 10.4. The Hall–Kier alpha value is -2.62. The highest BCUT2D eigenvalue weighted by atomic mass is 16.5. The van der Waals surface area contributed by atoms with Crippen molar-refractivity contribution in [1.29, 1.82) is 0 Å². The maximum absolute atomic E-state index is 11.5. The van der Waals surface area contributed by atoms with Crippen molar-refractivity contribution in [2.75, 3.05) is 24.6 Å². The minimum Gasteiger partial charge on any atom is -0.409 e. The summed E-state index contributed by atoms with van der Waals surface area (Å²) in [5, 5.41) is 22.0. The van der Waals surface area contributed by atoms with Gasteiger partial charge in [0.25, 0.3) is 0 Å². The van der Waals surface area contributed by atoms with Gasteiger partial charge < -0.3 is 20.6 Å². The molecule has 20 heavy (non-hydrogen) atoms. The second-order valence-corrected chi connectivity index (χ2v) is 4.32. The van der Waals surface area contributed by atoms with Gasteiger partial charge in [0.2, 0.25) is 0 Å². The molecule has 10 heteroatoms. The average molecular weight is 279 g/mol. The molecule has 10 nitrogen and oxygen atoms in total. The van der Waals surface area contributed by atoms with E-state index in [1.807, 2.05) is 4.90 Å². The Morgan fingerprint density at radius 2 is 2.45 bits per heavy atom. The maximum atomic E-state index is 11.5. The Kier molecular flexibility index (Phi) is 2.99. The van der Waals surface area contributed by atoms with Gasteiger partial charge in [0, 0.05) is 6.54 Å². The van der Waals surface area contributed by atoms with Crippen molar-refractivity contribution in [2.24, 2.45) is 10.9 Å². The van der Waals surface area contributed by atoms with Crippen LogP contribution >= 0.6 is 0 Å². The monoisotopic (exact) mass is 279 g/mol. The number of hydrogen-bond acceptors (Lipinski definition) is 7. The molecule has 0 amide bonds. The van der Waals surface area contributed by atoms with E-state index in [9.17, 15) is 4.79 Å². The summed E-state index contributed by atoms with van der Waals surface area (Å²) in [5.41, 5.74) is 5.59. The molecule has 0 radical (unpaired) electrons. The number of nitrogens with two attached hydrogens (primary N) is 1. The van der Waals surface area contributed by atoms with E-state index in [1.54, 1.807) is 12.1 Å². The molecule has 3 rings (SSSR count). The van der Waals surface area contributed by atoms with Crippen molar-refractivity contribution in [3.05, 3.63) is 22.6 Å². The summed E-state index contributed by atoms with van der Waals surface area (Å²) >= 11 is 0. The number of oxime groups is 1. The van der Waals surface area contributed by atoms with E-state index in [0.717, 1.165) is 0 Å². The smallest absolute Gasteiger partial charge is 0.364 e. The highest BCUT2D eigenvalue weighted by Crippen LogP contribution is 2.15. The number of nitrogens with one attached hydrogen (secondary N) is 1. The normalized spacial score (nSPS) is 20.5. The number of rotatable bonds is 2. The molecular weight excluding hydrogens is 266 g/mol. The molecule has 1 fully saturated rings. The molecule has 0 saturated carbocycles. The fourth-order valence-corrected chi connectivity index (χ4v) is 2.06. The Morgan fingerprint density at radius 3 is 3.25 bits per heavy atom. The lowest BCUT2D eigenvalue weighted by Crippen LogP contribution is -2.49. The van der Waals surface area contributed by atoms with Gasteiger partial charge in [0.1, 0.15) is 11.9 Å². The first-order valence-electron chi connectivity index (χ1n) is 5.97. The predicted octanol–water partition coefficient (Wildman–Crippen LogP) is -1.63. The van der Waals surface area contributed by atoms with E-state index >= 15 is 0 Å². The average Bonchev–Trinajstić information content (AvgIpc) is 2.87. The minimum atomic E-state index is -0.507. The summed E-state index contributed by atoms with van der Waals surface area (Å²) in [6, 6.07) is 3.44. The van der Waals surface area contributed by atoms with Crippen LogP contribution in [0.3, 0.4) is 0 Å². The Morgan fingerprint density at radius 1 is 1.60 bits per heavy atom. The van der Waals surface area contributed by atoms with E-state index < -0.39 is 11.8 Å². The molecule has 106 valence electrons. The maximum Gasteiger partial charge on any atom is 0.364 e. The van der Waals surface area contributed by atoms with Gasteiger partial charge in [-0.25, -0.2) is 9.89 Å². The number of anilines is 1. The zero-order valence-corrected chi connectivity index (χ0v) is 10.4. The number of amidine groups is 1. The van der Waals surface area contributed by atoms with Crippen molar-refractivity contribution in [3.8, 4) is 0 Å². The van der Waals surface area contributed by atoms with Crippen LogP contribution in [0, 0.1) is 0 Å². The summed E-state index contributed by atoms with van der Waals surface area (Å²) in [6.07, 6.45) is -0.507. The first kappa shape index (κ1) is 12.4. The van der Waals surface area contributed by atoms with Gasteiger partial charge in [-0.1, -0.05) is 5.16 Å². The third-order valence-corrected chi connectivity index (χ3v) is 3.10. The van der Waals surface area contributed by atoms with Gasteiger partial charge in [0.05, 0.1) is 13.2 Å². The Labute approximate surface area is 112 Å². The van der Waals surface area contributed by atoms with Crippen molar-refractivity contribution < 1.29 is 9.94 Å². The van der Waals surface area contributed by atoms with Gasteiger partial charge in [-0.15, -0.1) is 5.10 Å². The molecule has 0 spiro atoms. The third kappa shape index (κ3) is 2.05. The van der Waals surface area contributed by atoms with Gasteiger partial charge in [-0.05, 0) is 12.1 Å². The summed E-state index contributed by atoms with van der Waals surface area (Å²) in [7, 11) is 0. The van der Waals surface area contributed by atoms with Crippen LogP contribution in [0.4, 0.5) is 5.82 Å². The highest BCUT2D eigenvalue weighted by molar-refractivity contribution is 5.85. The molecule has 4 N–H and O–H groups in total. The molecule has 0 bridgehead atoms. The lowest BCUT2D eigenvalue weighted by atomic mass is 10.2. The lowest BCUT2D eigenvalue weighted by Gasteiger charge is -2.32. The second kappa shape index (κ2) is 4.81. The molecule has 0 aromatic carbocycles. The molecule has 1 atom stereocenters. The zero-order chi connectivity index (χ0) is 14.1. The highest BCUT2D eigenvalue weighted by Gasteiger charge is 2.25. The molecule has 1 unspecified atom stereocenters. The number of ether oxygens (including phenoxy) is 1. The Balaban J connectivity index is 1.90. The molecule has 1 aliphatic heterocycles. The molecule has 3 heterocycles. The number of aromatic nitrogens is 4. The van der Waals surface area contributed by atoms with Crippen LogP contribution in [0.2, 0.25) is 0 Å². The summed E-state index contributed by atoms with van der Waals surface area (Å²) in [4.78, 5) is 13.4. The largest absolute Gasteiger partial charge is 0.409 e. The molecular formula is C10H13N7O3. The van der Waals surface area contributed by atoms with E-state index in [-0.39, 0.29) is 5.84 Å². The fraction of sp³-hybridized carbons (Fsp3) is 0.400. The van der Waals surface area contributed by atoms with Crippen LogP contribution < -0.4 is 16.3 Å². The quantitative estimate of drug-likeness (QED) is 0.260. The second-order valence-electron chi connectivity index (χ2n) is 4.32. The standard InChI is InChI=1S/C10H13N7O3/c11-9(15-19)6-5-16(3-4-20-6)8-2-1-7-12-13-10(18)17(7)14-8/h1-2,6,19H,3-5H2,(H2,11,15)(H,13,18). The lowest BCUT2D eigenvalue weighted by molar-refractivity contribution is 0.0803. The number of fused-ring (bicyclic) bond motifs is 1. The first-order chi connectivity index (χ1) is 9.69. The predicted molar refractivity (Wildman–Crippen MR) is 69.0 cm³/mol. The van der Waals surface area contributed by atoms with Crippen molar-refractivity contribution in [3.63, 3.8) is 0 Å². The van der Waals surface area contributed by atoms with Gasteiger partial charge in [-0.2, -0.15) is 9.61 Å². The minimum absolute atomic E-state index is 0.0104. The number of hydrogen-bond donors (Lipinski definition) is 3. The molecule has 1 saturated heterocycles. The van der Waals surface area contributed by atoms with Crippen molar-refractivity contribution in [1.82, 2.24) is 19.8 Å². The van der Waals surface area contributed by atoms with Crippen LogP contribution in [0.15, 0.2) is 22.1 Å². The van der Waals surface area contributed by atoms with Gasteiger partial charge >= 0.3 is 5.69 Å². The van der Waals surface area contributed by atoms with E-state index in [0.29, 0.717) is 31.2 Å². The first-order valence-corrected chi connectivity index (χ1v) is 5.97. The Bertz CT molecular complexity index is 706. The van der Waals surface area contributed by atoms with Gasteiger partial charge in [0.15, 0.2) is 11.5 Å². The third-order valence-electron chi connectivity index (χ3n) is 3.10. The summed E-state index contributed by atoms with van der Waals surface area (Å²) in [6.45, 7) is 1.40. The molecule has 0 aliphatic carbocycles. The number of aromatic amines is 1. The molecule has 2 aromatic rings.